The van der Waals surface area contributed by atoms with Gasteiger partial charge in [-0.1, -0.05) is 43.2 Å². The van der Waals surface area contributed by atoms with Gasteiger partial charge in [0.25, 0.3) is 0 Å². The molecule has 2 aromatic carbocycles. The van der Waals surface area contributed by atoms with Crippen LogP contribution in [0.4, 0.5) is 32.0 Å². The molecule has 0 spiro atoms. The lowest BCUT2D eigenvalue weighted by atomic mass is 9.69. The Morgan fingerprint density at radius 1 is 1.00 bits per heavy atom. The Kier molecular flexibility index (Phi) is 9.19. The molecule has 2 aromatic rings. The molecule has 4 atom stereocenters. The van der Waals surface area contributed by atoms with E-state index in [9.17, 15) is 41.0 Å². The molecule has 2 fully saturated rings. The molecular formula is C33H33F6NO5. The van der Waals surface area contributed by atoms with E-state index in [1.807, 2.05) is 25.1 Å². The van der Waals surface area contributed by atoms with Crippen LogP contribution in [0.15, 0.2) is 59.2 Å². The molecule has 45 heavy (non-hydrogen) atoms. The van der Waals surface area contributed by atoms with Gasteiger partial charge in [-0.25, -0.2) is 4.90 Å². The summed E-state index contributed by atoms with van der Waals surface area (Å²) in [5.74, 6) is -4.07. The van der Waals surface area contributed by atoms with Crippen molar-refractivity contribution in [2.24, 2.45) is 17.8 Å². The van der Waals surface area contributed by atoms with Gasteiger partial charge >= 0.3 is 12.4 Å². The summed E-state index contributed by atoms with van der Waals surface area (Å²) in [6.45, 7) is 2.25. The van der Waals surface area contributed by atoms with Crippen molar-refractivity contribution >= 4 is 23.6 Å². The van der Waals surface area contributed by atoms with Crippen LogP contribution in [0.25, 0.3) is 6.08 Å². The van der Waals surface area contributed by atoms with Gasteiger partial charge < -0.3 is 14.6 Å². The first-order valence-electron chi connectivity index (χ1n) is 14.7. The van der Waals surface area contributed by atoms with Crippen molar-refractivity contribution < 1.29 is 50.5 Å². The number of hydrogen-bond acceptors (Lipinski definition) is 5. The van der Waals surface area contributed by atoms with Gasteiger partial charge in [0.2, 0.25) is 11.8 Å². The Hall–Kier alpha value is -3.64. The number of carbonyl (C=O) groups is 2. The number of fused-ring (bicyclic) bond motifs is 3. The number of benzene rings is 2. The maximum atomic E-state index is 13.8. The van der Waals surface area contributed by atoms with Crippen LogP contribution in [0.2, 0.25) is 0 Å². The van der Waals surface area contributed by atoms with E-state index in [-0.39, 0.29) is 31.5 Å². The standard InChI is InChI=1S/C33H33F6NO5/c1-3-6-18(11-19-7-4-5-8-26(19)41)9-10-27-28-20(16-44-2)12-24-29(25(28)17-45-27)31(43)40(30(24)42)23-14-21(32(34,35)36)13-22(15-23)33(37,38)39/h4-5,7-8,11,13-15,24-25,27,29,41H,3,6,9-10,12,16-17H2,1-2H3/b18-11+/t24-,25+,27-,29-/m1/s1. The minimum Gasteiger partial charge on any atom is -0.507 e. The fourth-order valence-corrected chi connectivity index (χ4v) is 6.84. The van der Waals surface area contributed by atoms with Gasteiger partial charge in [0, 0.05) is 18.6 Å². The molecule has 2 aliphatic heterocycles. The number of phenols is 1. The number of rotatable bonds is 9. The van der Waals surface area contributed by atoms with E-state index < -0.39 is 64.8 Å². The molecule has 1 N–H and O–H groups in total. The average molecular weight is 638 g/mol. The molecule has 0 aromatic heterocycles. The summed E-state index contributed by atoms with van der Waals surface area (Å²) in [6.07, 6.45) is -5.89. The maximum absolute atomic E-state index is 13.8. The van der Waals surface area contributed by atoms with Gasteiger partial charge in [0.05, 0.1) is 48.0 Å². The number of anilines is 1. The lowest BCUT2D eigenvalue weighted by molar-refractivity contribution is -0.143. The number of phenolic OH excluding ortho intramolecular Hbond substituents is 1. The van der Waals surface area contributed by atoms with Gasteiger partial charge in [-0.15, -0.1) is 0 Å². The van der Waals surface area contributed by atoms with Crippen molar-refractivity contribution in [1.82, 2.24) is 0 Å². The summed E-state index contributed by atoms with van der Waals surface area (Å²) in [7, 11) is 1.48. The molecule has 3 aliphatic rings. The zero-order valence-electron chi connectivity index (χ0n) is 24.7. The second kappa shape index (κ2) is 12.6. The molecule has 0 radical (unpaired) electrons. The van der Waals surface area contributed by atoms with Crippen LogP contribution in [0.3, 0.4) is 0 Å². The lowest BCUT2D eigenvalue weighted by Crippen LogP contribution is -2.35. The van der Waals surface area contributed by atoms with E-state index in [0.717, 1.165) is 29.6 Å². The average Bonchev–Trinajstić information content (AvgIpc) is 3.50. The minimum absolute atomic E-state index is 0.0340. The van der Waals surface area contributed by atoms with Gasteiger partial charge in [-0.3, -0.25) is 9.59 Å². The molecule has 2 saturated heterocycles. The zero-order valence-corrected chi connectivity index (χ0v) is 24.7. The van der Waals surface area contributed by atoms with Crippen LogP contribution in [0, 0.1) is 17.8 Å². The van der Waals surface area contributed by atoms with E-state index in [2.05, 4.69) is 0 Å². The molecule has 12 heteroatoms. The highest BCUT2D eigenvalue weighted by atomic mass is 19.4. The van der Waals surface area contributed by atoms with E-state index in [1.165, 1.54) is 7.11 Å². The number of imide groups is 1. The summed E-state index contributed by atoms with van der Waals surface area (Å²) in [5, 5.41) is 10.2. The molecule has 242 valence electrons. The first-order valence-corrected chi connectivity index (χ1v) is 14.7. The van der Waals surface area contributed by atoms with Crippen molar-refractivity contribution in [2.45, 2.75) is 57.5 Å². The van der Waals surface area contributed by atoms with Crippen LogP contribution in [0.5, 0.6) is 5.75 Å². The highest BCUT2D eigenvalue weighted by Gasteiger charge is 2.57. The van der Waals surface area contributed by atoms with E-state index in [1.54, 1.807) is 12.1 Å². The van der Waals surface area contributed by atoms with Crippen LogP contribution in [-0.4, -0.2) is 43.3 Å². The summed E-state index contributed by atoms with van der Waals surface area (Å²) in [6, 6.07) is 7.76. The summed E-state index contributed by atoms with van der Waals surface area (Å²) >= 11 is 0. The van der Waals surface area contributed by atoms with Crippen molar-refractivity contribution in [3.05, 3.63) is 75.9 Å². The summed E-state index contributed by atoms with van der Waals surface area (Å²) in [4.78, 5) is 27.8. The molecule has 2 heterocycles. The molecule has 1 aliphatic carbocycles. The predicted octanol–water partition coefficient (Wildman–Crippen LogP) is 7.56. The summed E-state index contributed by atoms with van der Waals surface area (Å²) in [5.41, 5.74) is -0.654. The monoisotopic (exact) mass is 637 g/mol. The van der Waals surface area contributed by atoms with Crippen molar-refractivity contribution in [2.75, 3.05) is 25.2 Å². The highest BCUT2D eigenvalue weighted by molar-refractivity contribution is 6.22. The third-order valence-electron chi connectivity index (χ3n) is 8.75. The fraction of sp³-hybridized carbons (Fsp3) is 0.455. The molecule has 2 amide bonds. The van der Waals surface area contributed by atoms with Crippen molar-refractivity contribution in [1.29, 1.82) is 0 Å². The number of methoxy groups -OCH3 is 1. The number of halogens is 6. The Morgan fingerprint density at radius 2 is 1.67 bits per heavy atom. The first-order chi connectivity index (χ1) is 21.2. The smallest absolute Gasteiger partial charge is 0.416 e. The first kappa shape index (κ1) is 32.7. The largest absolute Gasteiger partial charge is 0.507 e. The number of allylic oxidation sites excluding steroid dienone is 1. The Balaban J connectivity index is 1.44. The van der Waals surface area contributed by atoms with Crippen LogP contribution in [-0.2, 0) is 31.4 Å². The number of para-hydroxylation sites is 1. The predicted molar refractivity (Wildman–Crippen MR) is 153 cm³/mol. The number of nitrogens with zero attached hydrogens (tertiary/aromatic N) is 1. The highest BCUT2D eigenvalue weighted by Crippen LogP contribution is 2.51. The van der Waals surface area contributed by atoms with E-state index in [0.29, 0.717) is 35.4 Å². The lowest BCUT2D eigenvalue weighted by Gasteiger charge is -2.31. The van der Waals surface area contributed by atoms with Gasteiger partial charge in [0.1, 0.15) is 5.75 Å². The molecule has 0 bridgehead atoms. The molecule has 0 saturated carbocycles. The quantitative estimate of drug-likeness (QED) is 0.175. The Morgan fingerprint density at radius 3 is 2.27 bits per heavy atom. The Labute approximate surface area is 256 Å². The number of hydrogen-bond donors (Lipinski definition) is 1. The van der Waals surface area contributed by atoms with E-state index in [4.69, 9.17) is 9.47 Å². The van der Waals surface area contributed by atoms with Crippen molar-refractivity contribution in [3.8, 4) is 5.75 Å². The molecule has 5 rings (SSSR count). The Bertz CT molecular complexity index is 1500. The molecule has 6 nitrogen and oxygen atoms in total. The number of amides is 2. The molecule has 0 unspecified atom stereocenters. The number of aromatic hydroxyl groups is 1. The SMILES string of the molecule is CCC/C(=C\c1ccccc1O)CC[C@H]1OC[C@H]2C1=C(COC)C[C@H]1C(=O)N(c3cc(C(F)(F)F)cc(C(F)(F)F)c3)C(=O)[C@H]12. The second-order valence-electron chi connectivity index (χ2n) is 11.7. The number of alkyl halides is 6. The third kappa shape index (κ3) is 6.53. The topological polar surface area (TPSA) is 76.1 Å². The van der Waals surface area contributed by atoms with Crippen molar-refractivity contribution in [3.63, 3.8) is 0 Å². The minimum atomic E-state index is -5.13. The van der Waals surface area contributed by atoms with E-state index >= 15 is 0 Å². The van der Waals surface area contributed by atoms with Crippen LogP contribution in [0.1, 0.15) is 55.7 Å². The number of carbonyl (C=O) groups excluding carboxylic acids is 2. The third-order valence-corrected chi connectivity index (χ3v) is 8.75. The second-order valence-corrected chi connectivity index (χ2v) is 11.7. The fourth-order valence-electron chi connectivity index (χ4n) is 6.84. The molecular weight excluding hydrogens is 604 g/mol. The maximum Gasteiger partial charge on any atom is 0.416 e. The zero-order chi connectivity index (χ0) is 32.7. The normalized spacial score (nSPS) is 24.0. The van der Waals surface area contributed by atoms with Crippen LogP contribution >= 0.6 is 0 Å². The number of ether oxygens (including phenoxy) is 2. The van der Waals surface area contributed by atoms with Crippen LogP contribution < -0.4 is 4.90 Å². The van der Waals surface area contributed by atoms with Gasteiger partial charge in [-0.2, -0.15) is 26.3 Å². The summed E-state index contributed by atoms with van der Waals surface area (Å²) < 4.78 is 93.1. The van der Waals surface area contributed by atoms with Gasteiger partial charge in [-0.05, 0) is 61.1 Å². The van der Waals surface area contributed by atoms with Gasteiger partial charge in [0.15, 0.2) is 0 Å².